The standard InChI is InChI=1S/C45H39N3O2/c1-28-33-11-2-5-14-40(33)48(39(28)21-23-46)32-18-20-37-44(27-32)50-42-16-7-4-13-35(42)45(37)34-12-3-6-15-41(34)49-43-26-30(17-19-36(43)45)29-9-8-10-31(25-29)38-22-24-47-38/h2-16,18,20-21,23-25,27,30,33,38,40H,17,19,22,26,46H2,1H3/b23-21-. The number of fused-ring (bicyclic) bond motifs is 8. The first-order valence-electron chi connectivity index (χ1n) is 17.9. The second-order valence-corrected chi connectivity index (χ2v) is 14.3. The molecule has 1 spiro atoms. The minimum Gasteiger partial charge on any atom is -0.461 e. The molecule has 4 heterocycles. The van der Waals surface area contributed by atoms with Gasteiger partial charge in [0.1, 0.15) is 23.0 Å². The molecule has 4 aromatic rings. The fourth-order valence-electron chi connectivity index (χ4n) is 9.48. The summed E-state index contributed by atoms with van der Waals surface area (Å²) in [5, 5.41) is 0. The average molecular weight is 654 g/mol. The van der Waals surface area contributed by atoms with Crippen molar-refractivity contribution in [2.75, 3.05) is 4.90 Å². The Morgan fingerprint density at radius 2 is 1.56 bits per heavy atom. The first-order chi connectivity index (χ1) is 24.6. The number of anilines is 1. The molecule has 2 N–H and O–H groups in total. The topological polar surface area (TPSA) is 60.1 Å². The lowest BCUT2D eigenvalue weighted by molar-refractivity contribution is 0.312. The van der Waals surface area contributed by atoms with E-state index < -0.39 is 5.41 Å². The maximum Gasteiger partial charge on any atom is 0.134 e. The smallest absolute Gasteiger partial charge is 0.134 e. The number of allylic oxidation sites excluding steroid dienone is 5. The number of rotatable bonds is 4. The summed E-state index contributed by atoms with van der Waals surface area (Å²) in [5.41, 5.74) is 16.6. The maximum atomic E-state index is 6.94. The third-order valence-electron chi connectivity index (χ3n) is 11.8. The molecule has 5 atom stereocenters. The van der Waals surface area contributed by atoms with Crippen molar-refractivity contribution in [1.29, 1.82) is 0 Å². The van der Waals surface area contributed by atoms with Crippen LogP contribution in [0.5, 0.6) is 17.2 Å². The van der Waals surface area contributed by atoms with Gasteiger partial charge in [-0.25, -0.2) is 0 Å². The average Bonchev–Trinajstić information content (AvgIpc) is 3.41. The Balaban J connectivity index is 1.14. The van der Waals surface area contributed by atoms with E-state index in [-0.39, 0.29) is 6.04 Å². The lowest BCUT2D eigenvalue weighted by atomic mass is 9.59. The summed E-state index contributed by atoms with van der Waals surface area (Å²) in [6, 6.07) is 33.7. The minimum atomic E-state index is -0.535. The van der Waals surface area contributed by atoms with Crippen LogP contribution in [-0.2, 0) is 5.41 Å². The van der Waals surface area contributed by atoms with Gasteiger partial charge in [-0.15, -0.1) is 0 Å². The van der Waals surface area contributed by atoms with E-state index in [2.05, 4.69) is 132 Å². The molecule has 0 saturated heterocycles. The molecule has 6 aliphatic rings. The number of aliphatic imine (C=N–C) groups is 1. The van der Waals surface area contributed by atoms with Crippen LogP contribution in [0.2, 0.25) is 0 Å². The van der Waals surface area contributed by atoms with Crippen LogP contribution in [0.25, 0.3) is 0 Å². The van der Waals surface area contributed by atoms with Crippen molar-refractivity contribution in [2.24, 2.45) is 16.6 Å². The third kappa shape index (κ3) is 4.16. The third-order valence-corrected chi connectivity index (χ3v) is 11.8. The normalized spacial score (nSPS) is 26.9. The van der Waals surface area contributed by atoms with E-state index in [4.69, 9.17) is 15.2 Å². The highest BCUT2D eigenvalue weighted by Gasteiger charge is 2.53. The molecule has 5 heteroatoms. The van der Waals surface area contributed by atoms with Crippen LogP contribution in [0.3, 0.4) is 0 Å². The Kier molecular flexibility index (Phi) is 6.61. The number of nitrogens with two attached hydrogens (primary N) is 1. The van der Waals surface area contributed by atoms with Gasteiger partial charge in [-0.3, -0.25) is 4.99 Å². The van der Waals surface area contributed by atoms with Crippen molar-refractivity contribution in [2.45, 2.75) is 56.0 Å². The first kappa shape index (κ1) is 29.4. The summed E-state index contributed by atoms with van der Waals surface area (Å²) < 4.78 is 13.8. The lowest BCUT2D eigenvalue weighted by Gasteiger charge is -2.48. The summed E-state index contributed by atoms with van der Waals surface area (Å²) in [7, 11) is 0. The molecule has 0 saturated carbocycles. The fourth-order valence-corrected chi connectivity index (χ4v) is 9.48. The maximum absolute atomic E-state index is 6.94. The Morgan fingerprint density at radius 1 is 0.820 bits per heavy atom. The van der Waals surface area contributed by atoms with Gasteiger partial charge in [0.2, 0.25) is 0 Å². The van der Waals surface area contributed by atoms with E-state index in [9.17, 15) is 0 Å². The number of para-hydroxylation sites is 2. The molecular weight excluding hydrogens is 615 g/mol. The van der Waals surface area contributed by atoms with Crippen molar-refractivity contribution < 1.29 is 9.47 Å². The predicted molar refractivity (Wildman–Crippen MR) is 200 cm³/mol. The highest BCUT2D eigenvalue weighted by atomic mass is 16.5. The predicted octanol–water partition coefficient (Wildman–Crippen LogP) is 9.93. The monoisotopic (exact) mass is 653 g/mol. The van der Waals surface area contributed by atoms with Crippen molar-refractivity contribution in [3.8, 4) is 17.2 Å². The molecular formula is C45H39N3O2. The number of benzene rings is 4. The molecule has 10 rings (SSSR count). The number of hydrogen-bond donors (Lipinski definition) is 1. The van der Waals surface area contributed by atoms with Gasteiger partial charge >= 0.3 is 0 Å². The van der Waals surface area contributed by atoms with Gasteiger partial charge in [0, 0.05) is 59.1 Å². The molecule has 0 amide bonds. The fraction of sp³-hybridized carbons (Fsp3) is 0.222. The van der Waals surface area contributed by atoms with E-state index >= 15 is 0 Å². The molecule has 2 aliphatic carbocycles. The van der Waals surface area contributed by atoms with Crippen LogP contribution in [0.4, 0.5) is 5.69 Å². The first-order valence-corrected chi connectivity index (χ1v) is 17.9. The van der Waals surface area contributed by atoms with Crippen molar-refractivity contribution >= 4 is 11.9 Å². The molecule has 5 nitrogen and oxygen atoms in total. The molecule has 4 aliphatic heterocycles. The largest absolute Gasteiger partial charge is 0.461 e. The summed E-state index contributed by atoms with van der Waals surface area (Å²) in [4.78, 5) is 7.01. The van der Waals surface area contributed by atoms with E-state index in [1.165, 1.54) is 33.4 Å². The minimum absolute atomic E-state index is 0.178. The molecule has 4 aromatic carbocycles. The van der Waals surface area contributed by atoms with Gasteiger partial charge in [0.25, 0.3) is 0 Å². The highest BCUT2D eigenvalue weighted by molar-refractivity contribution is 5.76. The van der Waals surface area contributed by atoms with Crippen molar-refractivity contribution in [3.05, 3.63) is 178 Å². The molecule has 50 heavy (non-hydrogen) atoms. The van der Waals surface area contributed by atoms with Crippen LogP contribution < -0.4 is 20.1 Å². The van der Waals surface area contributed by atoms with Gasteiger partial charge in [0.15, 0.2) is 0 Å². The lowest BCUT2D eigenvalue weighted by Crippen LogP contribution is -2.40. The molecule has 0 aromatic heterocycles. The van der Waals surface area contributed by atoms with Crippen LogP contribution in [-0.4, -0.2) is 12.3 Å². The Morgan fingerprint density at radius 3 is 2.34 bits per heavy atom. The van der Waals surface area contributed by atoms with Gasteiger partial charge in [0.05, 0.1) is 17.5 Å². The quantitative estimate of drug-likeness (QED) is 0.238. The van der Waals surface area contributed by atoms with Crippen LogP contribution in [0.1, 0.15) is 72.4 Å². The SMILES string of the molecule is CC1=C(/C=C\N)N(c2ccc3c(c2)Oc2ccccc2C32C3=C(CC(c4cccc(C5CC=N5)c4)CC3)Oc3ccccc32)C2C=CC=CC12. The van der Waals surface area contributed by atoms with E-state index in [0.717, 1.165) is 65.6 Å². The van der Waals surface area contributed by atoms with E-state index in [1.807, 2.05) is 12.3 Å². The van der Waals surface area contributed by atoms with Crippen molar-refractivity contribution in [3.63, 3.8) is 0 Å². The Labute approximate surface area is 293 Å². The molecule has 0 radical (unpaired) electrons. The second-order valence-electron chi connectivity index (χ2n) is 14.3. The van der Waals surface area contributed by atoms with E-state index in [1.54, 1.807) is 6.20 Å². The summed E-state index contributed by atoms with van der Waals surface area (Å²) in [6.45, 7) is 2.22. The zero-order valence-corrected chi connectivity index (χ0v) is 28.1. The molecule has 0 fully saturated rings. The number of hydrogen-bond acceptors (Lipinski definition) is 5. The van der Waals surface area contributed by atoms with E-state index in [0.29, 0.717) is 17.9 Å². The number of nitrogens with zero attached hydrogens (tertiary/aromatic N) is 2. The number of ether oxygens (including phenoxy) is 2. The van der Waals surface area contributed by atoms with Crippen LogP contribution in [0, 0.1) is 5.92 Å². The zero-order valence-electron chi connectivity index (χ0n) is 28.1. The molecule has 246 valence electrons. The van der Waals surface area contributed by atoms with Gasteiger partial charge < -0.3 is 20.1 Å². The highest BCUT2D eigenvalue weighted by Crippen LogP contribution is 2.63. The second kappa shape index (κ2) is 11.2. The molecule has 5 unspecified atom stereocenters. The summed E-state index contributed by atoms with van der Waals surface area (Å²) in [6.07, 6.45) is 18.5. The summed E-state index contributed by atoms with van der Waals surface area (Å²) in [5.74, 6) is 4.46. The van der Waals surface area contributed by atoms with Crippen molar-refractivity contribution in [1.82, 2.24) is 0 Å². The molecule has 0 bridgehead atoms. The zero-order chi connectivity index (χ0) is 33.4. The van der Waals surface area contributed by atoms with Gasteiger partial charge in [-0.2, -0.15) is 0 Å². The van der Waals surface area contributed by atoms with Crippen LogP contribution in [0.15, 0.2) is 155 Å². The van der Waals surface area contributed by atoms with Crippen LogP contribution >= 0.6 is 0 Å². The Hall–Kier alpha value is -5.55. The van der Waals surface area contributed by atoms with Gasteiger partial charge in [-0.1, -0.05) is 91.0 Å². The Bertz CT molecular complexity index is 2260. The van der Waals surface area contributed by atoms with Gasteiger partial charge in [-0.05, 0) is 78.4 Å². The summed E-state index contributed by atoms with van der Waals surface area (Å²) >= 11 is 0.